The lowest BCUT2D eigenvalue weighted by atomic mass is 10.1. The van der Waals surface area contributed by atoms with E-state index in [2.05, 4.69) is 68.8 Å². The van der Waals surface area contributed by atoms with Crippen LogP contribution in [0.4, 0.5) is 0 Å². The van der Waals surface area contributed by atoms with Crippen LogP contribution in [0.3, 0.4) is 0 Å². The molecule has 0 radical (unpaired) electrons. The second kappa shape index (κ2) is 5.18. The summed E-state index contributed by atoms with van der Waals surface area (Å²) in [7, 11) is 0. The highest BCUT2D eigenvalue weighted by Crippen LogP contribution is 2.34. The van der Waals surface area contributed by atoms with E-state index in [-0.39, 0.29) is 0 Å². The van der Waals surface area contributed by atoms with Gasteiger partial charge in [0.1, 0.15) is 11.2 Å². The summed E-state index contributed by atoms with van der Waals surface area (Å²) >= 11 is 0. The van der Waals surface area contributed by atoms with Gasteiger partial charge in [-0.1, -0.05) is 42.5 Å². The summed E-state index contributed by atoms with van der Waals surface area (Å²) in [5.41, 5.74) is 3.61. The third kappa shape index (κ3) is 1.79. The summed E-state index contributed by atoms with van der Waals surface area (Å²) in [5, 5.41) is 4.94. The fourth-order valence-electron chi connectivity index (χ4n) is 4.45. The molecule has 0 amide bonds. The van der Waals surface area contributed by atoms with Crippen molar-refractivity contribution in [3.05, 3.63) is 66.6 Å². The van der Waals surface area contributed by atoms with Gasteiger partial charge in [0.15, 0.2) is 0 Å². The number of nitrogens with zero attached hydrogens (tertiary/aromatic N) is 3. The Bertz CT molecular complexity index is 1290. The molecule has 26 heavy (non-hydrogen) atoms. The first-order valence-corrected chi connectivity index (χ1v) is 9.29. The van der Waals surface area contributed by atoms with Crippen molar-refractivity contribution in [3.63, 3.8) is 0 Å². The van der Waals surface area contributed by atoms with Gasteiger partial charge in [-0.15, -0.1) is 0 Å². The predicted molar refractivity (Wildman–Crippen MR) is 104 cm³/mol. The molecule has 0 atom stereocenters. The number of aryl methyl sites for hydroxylation is 1. The Labute approximate surface area is 150 Å². The molecule has 5 aromatic rings. The van der Waals surface area contributed by atoms with Gasteiger partial charge in [-0.2, -0.15) is 4.57 Å². The molecule has 4 nitrogen and oxygen atoms in total. The van der Waals surface area contributed by atoms with E-state index in [1.807, 2.05) is 6.20 Å². The van der Waals surface area contributed by atoms with Gasteiger partial charge in [-0.05, 0) is 24.3 Å². The first kappa shape index (κ1) is 14.1. The zero-order valence-corrected chi connectivity index (χ0v) is 14.4. The minimum atomic E-state index is 1.02. The van der Waals surface area contributed by atoms with Gasteiger partial charge >= 0.3 is 5.95 Å². The lowest BCUT2D eigenvalue weighted by molar-refractivity contribution is -0.701. The van der Waals surface area contributed by atoms with Crippen molar-refractivity contribution >= 4 is 32.7 Å². The number of fused-ring (bicyclic) bond motifs is 6. The number of hydrogen-bond acceptors (Lipinski definition) is 1. The number of aromatic amines is 1. The lowest BCUT2D eigenvalue weighted by Crippen LogP contribution is -2.42. The number of para-hydroxylation sites is 1. The maximum Gasteiger partial charge on any atom is 0.368 e. The van der Waals surface area contributed by atoms with Crippen LogP contribution in [0.2, 0.25) is 0 Å². The number of nitrogens with one attached hydrogen (secondary N) is 1. The molecule has 1 aliphatic rings. The Morgan fingerprint density at radius 1 is 0.962 bits per heavy atom. The fraction of sp³-hybridized carbons (Fsp3) is 0.182. The zero-order chi connectivity index (χ0) is 17.1. The summed E-state index contributed by atoms with van der Waals surface area (Å²) < 4.78 is 4.72. The molecule has 126 valence electrons. The highest BCUT2D eigenvalue weighted by Gasteiger charge is 2.27. The topological polar surface area (TPSA) is 37.5 Å². The van der Waals surface area contributed by atoms with Gasteiger partial charge in [0.05, 0.1) is 18.1 Å². The molecule has 3 aromatic heterocycles. The van der Waals surface area contributed by atoms with E-state index in [1.165, 1.54) is 45.6 Å². The first-order valence-electron chi connectivity index (χ1n) is 9.29. The van der Waals surface area contributed by atoms with Crippen molar-refractivity contribution < 1.29 is 4.57 Å². The van der Waals surface area contributed by atoms with Gasteiger partial charge in [0.2, 0.25) is 5.65 Å². The van der Waals surface area contributed by atoms with Crippen molar-refractivity contribution in [2.24, 2.45) is 0 Å². The molecular weight excluding hydrogens is 320 g/mol. The van der Waals surface area contributed by atoms with Crippen LogP contribution in [0.5, 0.6) is 0 Å². The zero-order valence-electron chi connectivity index (χ0n) is 14.4. The highest BCUT2D eigenvalue weighted by molar-refractivity contribution is 6.19. The molecule has 2 aromatic carbocycles. The minimum Gasteiger partial charge on any atom is -0.248 e. The Morgan fingerprint density at radius 2 is 1.81 bits per heavy atom. The molecule has 0 spiro atoms. The van der Waals surface area contributed by atoms with Crippen LogP contribution in [0, 0.1) is 0 Å². The largest absolute Gasteiger partial charge is 0.368 e. The van der Waals surface area contributed by atoms with E-state index < -0.39 is 0 Å². The molecule has 1 N–H and O–H groups in total. The number of aromatic nitrogens is 4. The van der Waals surface area contributed by atoms with E-state index in [1.54, 1.807) is 0 Å². The van der Waals surface area contributed by atoms with E-state index in [9.17, 15) is 0 Å². The van der Waals surface area contributed by atoms with Crippen molar-refractivity contribution in [2.75, 3.05) is 0 Å². The highest BCUT2D eigenvalue weighted by atomic mass is 15.3. The average molecular weight is 339 g/mol. The standard InChI is InChI=1S/C22H18N4/c1-2-9-17-15(7-1)13-23-21-20(17)18-10-3-4-11-19(18)26(21)22-24-14-16-8-5-6-12-25(16)22/h1-4,7,9-11,13-14H,5-6,8,12H2/p+1. The first-order chi connectivity index (χ1) is 12.9. The molecule has 0 unspecified atom stereocenters. The molecule has 0 fully saturated rings. The number of H-pyrrole nitrogens is 1. The SMILES string of the molecule is c1ccc2c(c1)cnc1c2c2ccccc2n1-c1[nH]cc2[n+]1CCCC2. The summed E-state index contributed by atoms with van der Waals surface area (Å²) in [6, 6.07) is 17.2. The summed E-state index contributed by atoms with van der Waals surface area (Å²) in [6.45, 7) is 1.07. The minimum absolute atomic E-state index is 1.02. The quantitative estimate of drug-likeness (QED) is 0.455. The van der Waals surface area contributed by atoms with Crippen LogP contribution in [-0.2, 0) is 13.0 Å². The van der Waals surface area contributed by atoms with Crippen LogP contribution in [0.25, 0.3) is 38.7 Å². The number of hydrogen-bond donors (Lipinski definition) is 1. The van der Waals surface area contributed by atoms with Crippen LogP contribution in [0.1, 0.15) is 18.5 Å². The average Bonchev–Trinajstić information content (AvgIpc) is 3.26. The normalized spacial score (nSPS) is 14.3. The van der Waals surface area contributed by atoms with Crippen LogP contribution in [0.15, 0.2) is 60.9 Å². The fourth-order valence-corrected chi connectivity index (χ4v) is 4.45. The molecule has 6 rings (SSSR count). The molecule has 0 bridgehead atoms. The number of rotatable bonds is 1. The number of pyridine rings is 1. The third-order valence-corrected chi connectivity index (χ3v) is 5.65. The van der Waals surface area contributed by atoms with Gasteiger partial charge in [0.25, 0.3) is 0 Å². The second-order valence-corrected chi connectivity index (χ2v) is 7.11. The van der Waals surface area contributed by atoms with Crippen molar-refractivity contribution in [2.45, 2.75) is 25.8 Å². The maximum absolute atomic E-state index is 4.88. The van der Waals surface area contributed by atoms with Gasteiger partial charge in [0, 0.05) is 23.4 Å². The maximum atomic E-state index is 4.88. The summed E-state index contributed by atoms with van der Waals surface area (Å²) in [5.74, 6) is 1.12. The molecule has 4 heteroatoms. The second-order valence-electron chi connectivity index (χ2n) is 7.11. The lowest BCUT2D eigenvalue weighted by Gasteiger charge is -2.11. The molecular formula is C22H19N4+. The van der Waals surface area contributed by atoms with E-state index in [4.69, 9.17) is 4.98 Å². The number of benzene rings is 2. The summed E-state index contributed by atoms with van der Waals surface area (Å²) in [4.78, 5) is 8.42. The van der Waals surface area contributed by atoms with E-state index in [0.717, 1.165) is 24.6 Å². The van der Waals surface area contributed by atoms with Crippen LogP contribution >= 0.6 is 0 Å². The van der Waals surface area contributed by atoms with Crippen LogP contribution < -0.4 is 4.57 Å². The smallest absolute Gasteiger partial charge is 0.248 e. The van der Waals surface area contributed by atoms with Crippen LogP contribution in [-0.4, -0.2) is 14.5 Å². The Morgan fingerprint density at radius 3 is 2.77 bits per heavy atom. The Kier molecular flexibility index (Phi) is 2.80. The van der Waals surface area contributed by atoms with Gasteiger partial charge < -0.3 is 0 Å². The Hall–Kier alpha value is -3.14. The Balaban J connectivity index is 1.81. The molecule has 1 aliphatic heterocycles. The predicted octanol–water partition coefficient (Wildman–Crippen LogP) is 4.28. The molecule has 0 aliphatic carbocycles. The van der Waals surface area contributed by atoms with Crippen molar-refractivity contribution in [1.82, 2.24) is 14.5 Å². The van der Waals surface area contributed by atoms with E-state index in [0.29, 0.717) is 0 Å². The van der Waals surface area contributed by atoms with Crippen molar-refractivity contribution in [1.29, 1.82) is 0 Å². The molecule has 4 heterocycles. The number of imidazole rings is 1. The van der Waals surface area contributed by atoms with E-state index >= 15 is 0 Å². The summed E-state index contributed by atoms with van der Waals surface area (Å²) in [6.07, 6.45) is 7.80. The van der Waals surface area contributed by atoms with Crippen molar-refractivity contribution in [3.8, 4) is 5.95 Å². The third-order valence-electron chi connectivity index (χ3n) is 5.65. The van der Waals surface area contributed by atoms with Gasteiger partial charge in [-0.3, -0.25) is 0 Å². The van der Waals surface area contributed by atoms with Gasteiger partial charge in [-0.25, -0.2) is 14.5 Å². The molecule has 0 saturated heterocycles. The molecule has 0 saturated carbocycles. The monoisotopic (exact) mass is 339 g/mol.